The zero-order valence-electron chi connectivity index (χ0n) is 54.5. The van der Waals surface area contributed by atoms with Gasteiger partial charge in [0.2, 0.25) is 0 Å². The summed E-state index contributed by atoms with van der Waals surface area (Å²) < 4.78 is 3.95. The van der Waals surface area contributed by atoms with E-state index in [0.29, 0.717) is 23.7 Å². The molecule has 12 heteroatoms. The molecular formula is C76H92Cl4N6Ru2-2. The van der Waals surface area contributed by atoms with E-state index >= 15 is 0 Å². The first-order valence-electron chi connectivity index (χ1n) is 30.5. The van der Waals surface area contributed by atoms with E-state index in [1.54, 1.807) is 0 Å². The standard InChI is InChI=1S/C27H39N2.C21H27N2.2C14H13N.4ClH.2Ru/c1-18(2)22-11-9-12-23(19(3)4)26(22)28-15-16-29(17-28)27-24(20(5)6)13-10-14-25(27)21(7)8;1-14-9-16(3)20(17(4)10-14)22-7-8-23(13-22)21-18(5)11-15(2)12-19(21)6;2*1-12-8-6-7-11-14(12)15(2)13-9-4-3-5-10-13;;;;;;/h9-14,17-21H,15-16H2,1-8H3;9-13H,7-8H2,1-6H3;2*1,3-11H,2H3;4*1H;;/q2*-1;;;;;;;2*+2/p-4. The van der Waals surface area contributed by atoms with Crippen molar-refractivity contribution in [1.29, 1.82) is 0 Å². The van der Waals surface area contributed by atoms with Gasteiger partial charge in [-0.25, -0.2) is 0 Å². The number of halogens is 4. The van der Waals surface area contributed by atoms with Crippen molar-refractivity contribution >= 4 is 93.5 Å². The molecule has 10 rings (SSSR count). The summed E-state index contributed by atoms with van der Waals surface area (Å²) in [5.74, 6) is 2.06. The molecule has 0 unspecified atom stereocenters. The van der Waals surface area contributed by atoms with Crippen LogP contribution in [0.15, 0.2) is 170 Å². The zero-order valence-corrected chi connectivity index (χ0v) is 61.0. The Bertz CT molecular complexity index is 3300. The largest absolute Gasteiger partial charge is 0.502 e. The van der Waals surface area contributed by atoms with E-state index in [4.69, 9.17) is 38.8 Å². The Kier molecular flexibility index (Phi) is 26.4. The summed E-state index contributed by atoms with van der Waals surface area (Å²) in [6.45, 7) is 40.5. The topological polar surface area (TPSA) is 19.4 Å². The van der Waals surface area contributed by atoms with E-state index in [0.717, 1.165) is 60.1 Å². The van der Waals surface area contributed by atoms with Gasteiger partial charge < -0.3 is 19.6 Å². The molecule has 2 fully saturated rings. The maximum atomic E-state index is 5.97. The van der Waals surface area contributed by atoms with Gasteiger partial charge in [0.25, 0.3) is 0 Å². The molecule has 88 heavy (non-hydrogen) atoms. The van der Waals surface area contributed by atoms with Crippen LogP contribution in [0.4, 0.5) is 45.5 Å². The molecule has 0 radical (unpaired) electrons. The van der Waals surface area contributed by atoms with Gasteiger partial charge in [-0.1, -0.05) is 127 Å². The predicted molar refractivity (Wildman–Crippen MR) is 384 cm³/mol. The van der Waals surface area contributed by atoms with Crippen molar-refractivity contribution < 1.29 is 27.0 Å². The van der Waals surface area contributed by atoms with Crippen molar-refractivity contribution in [2.24, 2.45) is 0 Å². The smallest absolute Gasteiger partial charge is 0.0146 e. The molecule has 2 aliphatic rings. The Hall–Kier alpha value is -5.29. The second kappa shape index (κ2) is 33.1. The Morgan fingerprint density at radius 3 is 0.898 bits per heavy atom. The van der Waals surface area contributed by atoms with Gasteiger partial charge in [0.15, 0.2) is 0 Å². The van der Waals surface area contributed by atoms with E-state index in [1.165, 1.54) is 78.4 Å². The molecule has 6 nitrogen and oxygen atoms in total. The van der Waals surface area contributed by atoms with Crippen molar-refractivity contribution in [1.82, 2.24) is 0 Å². The fourth-order valence-electron chi connectivity index (χ4n) is 12.1. The van der Waals surface area contributed by atoms with Crippen molar-refractivity contribution in [2.45, 2.75) is 121 Å². The summed E-state index contributed by atoms with van der Waals surface area (Å²) in [4.78, 5) is 14.1. The summed E-state index contributed by atoms with van der Waals surface area (Å²) in [5, 5.41) is 0. The molecule has 8 aromatic carbocycles. The predicted octanol–water partition coefficient (Wildman–Crippen LogP) is 21.7. The molecule has 0 aliphatic carbocycles. The molecule has 2 aliphatic heterocycles. The van der Waals surface area contributed by atoms with Gasteiger partial charge in [0.05, 0.1) is 0 Å². The summed E-state index contributed by atoms with van der Waals surface area (Å²) in [7, 11) is 28.0. The average molecular weight is 1430 g/mol. The van der Waals surface area contributed by atoms with Gasteiger partial charge in [0, 0.05) is 48.9 Å². The Morgan fingerprint density at radius 2 is 0.625 bits per heavy atom. The number of rotatable bonds is 14. The van der Waals surface area contributed by atoms with Gasteiger partial charge in [0.1, 0.15) is 0 Å². The quantitative estimate of drug-likeness (QED) is 0.0793. The van der Waals surface area contributed by atoms with Crippen LogP contribution < -0.4 is 29.4 Å². The van der Waals surface area contributed by atoms with Crippen LogP contribution in [0.3, 0.4) is 0 Å². The second-order valence-corrected chi connectivity index (χ2v) is 35.7. The number of aryl methyl sites for hydroxylation is 6. The fourth-order valence-corrected chi connectivity index (χ4v) is 15.8. The SMILES string of the molecule is CC(C)c1cccc(C(C)C)c1N1[CH-]N(c2c(C(C)C)cccc2C(C)C)CC1.CN(c1ccccc1)c1ccccc1[CH]=[Ru]([Cl])[Cl].CN(c1ccccc1)c1ccccc1[CH]=[Ru]([Cl])[Cl].Cc1cc(C)c(N2[CH-]N(c3c(C)cc(C)cc3C)CC2)c(C)c1. The molecule has 0 spiro atoms. The van der Waals surface area contributed by atoms with Gasteiger partial charge in [-0.15, -0.1) is 0 Å². The average Bonchev–Trinajstić information content (AvgIpc) is 2.39. The van der Waals surface area contributed by atoms with Crippen LogP contribution in [0.5, 0.6) is 0 Å². The molecule has 472 valence electrons. The van der Waals surface area contributed by atoms with Crippen molar-refractivity contribution in [3.8, 4) is 0 Å². The summed E-state index contributed by atoms with van der Waals surface area (Å²) in [6, 6.07) is 59.5. The molecule has 0 atom stereocenters. The molecule has 0 N–H and O–H groups in total. The minimum Gasteiger partial charge on any atom is -0.502 e. The first-order chi connectivity index (χ1) is 41.9. The van der Waals surface area contributed by atoms with Gasteiger partial charge in [-0.3, -0.25) is 0 Å². The molecule has 2 heterocycles. The molecular weight excluding hydrogens is 1340 g/mol. The number of para-hydroxylation sites is 6. The van der Waals surface area contributed by atoms with E-state index in [1.807, 2.05) is 96.1 Å². The van der Waals surface area contributed by atoms with Crippen molar-refractivity contribution in [2.75, 3.05) is 69.7 Å². The maximum absolute atomic E-state index is 5.97. The van der Waals surface area contributed by atoms with Gasteiger partial charge >= 0.3 is 242 Å². The number of hydrogen-bond acceptors (Lipinski definition) is 6. The molecule has 0 amide bonds. The normalized spacial score (nSPS) is 13.2. The van der Waals surface area contributed by atoms with E-state index in [2.05, 4.69) is 237 Å². The fraction of sp³-hybridized carbons (Fsp3) is 0.316. The van der Waals surface area contributed by atoms with Crippen LogP contribution in [0, 0.1) is 54.9 Å². The number of hydrogen-bond donors (Lipinski definition) is 0. The van der Waals surface area contributed by atoms with Crippen LogP contribution in [-0.4, -0.2) is 49.5 Å². The van der Waals surface area contributed by atoms with Crippen LogP contribution in [-0.2, 0) is 27.0 Å². The molecule has 2 saturated heterocycles. The summed E-state index contributed by atoms with van der Waals surface area (Å²) in [5.41, 5.74) is 26.2. The van der Waals surface area contributed by atoms with Crippen molar-refractivity contribution in [3.05, 3.63) is 250 Å². The minimum atomic E-state index is -1.81. The van der Waals surface area contributed by atoms with E-state index in [9.17, 15) is 0 Å². The third-order valence-corrected chi connectivity index (χ3v) is 19.7. The molecule has 8 aromatic rings. The molecule has 0 saturated carbocycles. The molecule has 0 bridgehead atoms. The van der Waals surface area contributed by atoms with E-state index < -0.39 is 27.0 Å². The summed E-state index contributed by atoms with van der Waals surface area (Å²) >= 11 is -3.62. The Labute approximate surface area is 556 Å². The van der Waals surface area contributed by atoms with Gasteiger partial charge in [-0.05, 0) is 110 Å². The van der Waals surface area contributed by atoms with E-state index in [-0.39, 0.29) is 0 Å². The van der Waals surface area contributed by atoms with Crippen LogP contribution in [0.1, 0.15) is 146 Å². The Balaban J connectivity index is 0.000000171. The Morgan fingerprint density at radius 1 is 0.364 bits per heavy atom. The first-order valence-corrected chi connectivity index (χ1v) is 41.5. The summed E-state index contributed by atoms with van der Waals surface area (Å²) in [6.07, 6.45) is 0. The number of benzene rings is 8. The van der Waals surface area contributed by atoms with Crippen molar-refractivity contribution in [3.63, 3.8) is 0 Å². The third-order valence-electron chi connectivity index (χ3n) is 16.1. The minimum absolute atomic E-state index is 0.514. The van der Waals surface area contributed by atoms with Crippen LogP contribution >= 0.6 is 38.8 Å². The second-order valence-electron chi connectivity index (χ2n) is 24.2. The first kappa shape index (κ1) is 70.2. The number of anilines is 8. The van der Waals surface area contributed by atoms with Crippen LogP contribution in [0.2, 0.25) is 0 Å². The zero-order chi connectivity index (χ0) is 63.9. The van der Waals surface area contributed by atoms with Gasteiger partial charge in [-0.2, -0.15) is 13.3 Å². The third kappa shape index (κ3) is 18.4. The van der Waals surface area contributed by atoms with Crippen LogP contribution in [0.25, 0.3) is 0 Å². The number of nitrogens with zero attached hydrogens (tertiary/aromatic N) is 6. The monoisotopic (exact) mass is 1430 g/mol. The molecule has 0 aromatic heterocycles. The maximum Gasteiger partial charge on any atom is 0.0146 e.